The van der Waals surface area contributed by atoms with Gasteiger partial charge in [0.2, 0.25) is 0 Å². The van der Waals surface area contributed by atoms with Gasteiger partial charge >= 0.3 is 0 Å². The molecule has 88 valence electrons. The lowest BCUT2D eigenvalue weighted by molar-refractivity contribution is -0.123. The number of carbonyl (C=O) groups excluding carboxylic acids is 1. The number of hydrogen-bond acceptors (Lipinski definition) is 2. The van der Waals surface area contributed by atoms with Gasteiger partial charge in [0.05, 0.1) is 0 Å². The van der Waals surface area contributed by atoms with Gasteiger partial charge in [-0.05, 0) is 25.2 Å². The largest absolute Gasteiger partial charge is 0.300 e. The lowest BCUT2D eigenvalue weighted by Crippen LogP contribution is -2.50. The summed E-state index contributed by atoms with van der Waals surface area (Å²) in [4.78, 5) is 14.1. The second kappa shape index (κ2) is 4.65. The Kier molecular flexibility index (Phi) is 3.93. The van der Waals surface area contributed by atoms with Crippen molar-refractivity contribution in [3.8, 4) is 0 Å². The lowest BCUT2D eigenvalue weighted by Gasteiger charge is -2.42. The van der Waals surface area contributed by atoms with E-state index in [4.69, 9.17) is 0 Å². The molecule has 0 amide bonds. The van der Waals surface area contributed by atoms with E-state index in [1.807, 2.05) is 0 Å². The Morgan fingerprint density at radius 1 is 1.33 bits per heavy atom. The first-order valence-electron chi connectivity index (χ1n) is 6.03. The summed E-state index contributed by atoms with van der Waals surface area (Å²) in [6, 6.07) is 0.638. The van der Waals surface area contributed by atoms with Crippen LogP contribution in [0.5, 0.6) is 0 Å². The molecule has 2 heteroatoms. The van der Waals surface area contributed by atoms with Crippen LogP contribution in [0.3, 0.4) is 0 Å². The van der Waals surface area contributed by atoms with Crippen molar-refractivity contribution in [1.29, 1.82) is 0 Å². The molecule has 1 aliphatic heterocycles. The zero-order valence-electron chi connectivity index (χ0n) is 10.8. The van der Waals surface area contributed by atoms with Crippen molar-refractivity contribution in [2.75, 3.05) is 13.1 Å². The maximum absolute atomic E-state index is 11.7. The van der Waals surface area contributed by atoms with Gasteiger partial charge in [-0.3, -0.25) is 4.79 Å². The number of Topliss-reactive ketones (excluding diaryl/α,β-unsaturated/α-hetero) is 1. The minimum absolute atomic E-state index is 0.151. The number of likely N-dealkylation sites (tertiary alicyclic amines) is 1. The molecule has 0 aromatic heterocycles. The third kappa shape index (κ3) is 4.33. The van der Waals surface area contributed by atoms with Crippen LogP contribution in [0.15, 0.2) is 0 Å². The van der Waals surface area contributed by atoms with Crippen LogP contribution in [0.1, 0.15) is 47.5 Å². The van der Waals surface area contributed by atoms with Gasteiger partial charge in [0, 0.05) is 32.0 Å². The first kappa shape index (κ1) is 12.7. The number of carbonyl (C=O) groups is 1. The molecule has 1 rings (SSSR count). The summed E-state index contributed by atoms with van der Waals surface area (Å²) in [5.74, 6) is 1.07. The fourth-order valence-corrected chi connectivity index (χ4v) is 2.15. The summed E-state index contributed by atoms with van der Waals surface area (Å²) < 4.78 is 0. The van der Waals surface area contributed by atoms with Crippen LogP contribution in [0.2, 0.25) is 0 Å². The van der Waals surface area contributed by atoms with Crippen molar-refractivity contribution in [2.24, 2.45) is 11.3 Å². The Bertz CT molecular complexity index is 221. The lowest BCUT2D eigenvalue weighted by atomic mass is 9.85. The highest BCUT2D eigenvalue weighted by Crippen LogP contribution is 2.25. The molecule has 0 unspecified atom stereocenters. The standard InChI is InChI=1S/C13H25NO/c1-10(2)14-8-11(9-14)6-12(15)7-13(3,4)5/h10-11H,6-9H2,1-5H3. The molecule has 0 spiro atoms. The van der Waals surface area contributed by atoms with Gasteiger partial charge in [0.25, 0.3) is 0 Å². The first-order chi connectivity index (χ1) is 6.78. The van der Waals surface area contributed by atoms with Crippen molar-refractivity contribution < 1.29 is 4.79 Å². The molecule has 0 radical (unpaired) electrons. The normalized spacial score (nSPS) is 19.3. The van der Waals surface area contributed by atoms with Crippen LogP contribution < -0.4 is 0 Å². The quantitative estimate of drug-likeness (QED) is 0.712. The van der Waals surface area contributed by atoms with Gasteiger partial charge in [-0.15, -0.1) is 0 Å². The van der Waals surface area contributed by atoms with E-state index in [-0.39, 0.29) is 5.41 Å². The maximum Gasteiger partial charge on any atom is 0.133 e. The van der Waals surface area contributed by atoms with Gasteiger partial charge in [0.1, 0.15) is 5.78 Å². The van der Waals surface area contributed by atoms with Crippen molar-refractivity contribution in [3.05, 3.63) is 0 Å². The SMILES string of the molecule is CC(C)N1CC(CC(=O)CC(C)(C)C)C1. The molecule has 1 fully saturated rings. The van der Waals surface area contributed by atoms with Gasteiger partial charge in [-0.25, -0.2) is 0 Å². The Hall–Kier alpha value is -0.370. The van der Waals surface area contributed by atoms with E-state index in [1.165, 1.54) is 0 Å². The van der Waals surface area contributed by atoms with E-state index >= 15 is 0 Å². The monoisotopic (exact) mass is 211 g/mol. The molecule has 0 atom stereocenters. The highest BCUT2D eigenvalue weighted by molar-refractivity contribution is 5.79. The van der Waals surface area contributed by atoms with Gasteiger partial charge < -0.3 is 4.90 Å². The van der Waals surface area contributed by atoms with E-state index in [1.54, 1.807) is 0 Å². The summed E-state index contributed by atoms with van der Waals surface area (Å²) in [7, 11) is 0. The van der Waals surface area contributed by atoms with E-state index < -0.39 is 0 Å². The topological polar surface area (TPSA) is 20.3 Å². The summed E-state index contributed by atoms with van der Waals surface area (Å²) >= 11 is 0. The van der Waals surface area contributed by atoms with Crippen molar-refractivity contribution >= 4 is 5.78 Å². The van der Waals surface area contributed by atoms with Gasteiger partial charge in [-0.1, -0.05) is 20.8 Å². The maximum atomic E-state index is 11.7. The second-order valence-corrected chi connectivity index (χ2v) is 6.39. The summed E-state index contributed by atoms with van der Waals surface area (Å²) in [5.41, 5.74) is 0.151. The third-order valence-corrected chi connectivity index (χ3v) is 2.96. The Morgan fingerprint density at radius 2 is 1.87 bits per heavy atom. The van der Waals surface area contributed by atoms with Crippen LogP contribution in [0.4, 0.5) is 0 Å². The average Bonchev–Trinajstić information content (AvgIpc) is 1.91. The molecule has 0 aliphatic carbocycles. The van der Waals surface area contributed by atoms with Crippen LogP contribution in [0, 0.1) is 11.3 Å². The van der Waals surface area contributed by atoms with Crippen LogP contribution in [-0.2, 0) is 4.79 Å². The fourth-order valence-electron chi connectivity index (χ4n) is 2.15. The number of nitrogens with zero attached hydrogens (tertiary/aromatic N) is 1. The first-order valence-corrected chi connectivity index (χ1v) is 6.03. The Morgan fingerprint density at radius 3 is 2.27 bits per heavy atom. The molecule has 0 aromatic rings. The average molecular weight is 211 g/mol. The minimum Gasteiger partial charge on any atom is -0.300 e. The molecule has 1 heterocycles. The van der Waals surface area contributed by atoms with Crippen LogP contribution >= 0.6 is 0 Å². The molecular formula is C13H25NO. The van der Waals surface area contributed by atoms with Crippen molar-refractivity contribution in [1.82, 2.24) is 4.90 Å². The van der Waals surface area contributed by atoms with Crippen molar-refractivity contribution in [2.45, 2.75) is 53.5 Å². The number of hydrogen-bond donors (Lipinski definition) is 0. The fraction of sp³-hybridized carbons (Fsp3) is 0.923. The summed E-state index contributed by atoms with van der Waals surface area (Å²) in [5, 5.41) is 0. The molecule has 2 nitrogen and oxygen atoms in total. The van der Waals surface area contributed by atoms with Gasteiger partial charge in [-0.2, -0.15) is 0 Å². The minimum atomic E-state index is 0.151. The van der Waals surface area contributed by atoms with Crippen LogP contribution in [0.25, 0.3) is 0 Å². The van der Waals surface area contributed by atoms with Crippen molar-refractivity contribution in [3.63, 3.8) is 0 Å². The predicted octanol–water partition coefficient (Wildman–Crippen LogP) is 2.72. The molecule has 0 saturated carbocycles. The van der Waals surface area contributed by atoms with E-state index in [0.717, 1.165) is 25.9 Å². The highest BCUT2D eigenvalue weighted by Gasteiger charge is 2.30. The second-order valence-electron chi connectivity index (χ2n) is 6.39. The molecule has 0 aromatic carbocycles. The number of ketones is 1. The van der Waals surface area contributed by atoms with E-state index in [9.17, 15) is 4.79 Å². The Balaban J connectivity index is 2.19. The molecule has 0 N–H and O–H groups in total. The van der Waals surface area contributed by atoms with Crippen LogP contribution in [-0.4, -0.2) is 29.8 Å². The molecule has 1 saturated heterocycles. The zero-order valence-corrected chi connectivity index (χ0v) is 10.8. The van der Waals surface area contributed by atoms with E-state index in [2.05, 4.69) is 39.5 Å². The smallest absolute Gasteiger partial charge is 0.133 e. The van der Waals surface area contributed by atoms with Gasteiger partial charge in [0.15, 0.2) is 0 Å². The summed E-state index contributed by atoms with van der Waals surface area (Å²) in [6.45, 7) is 13.1. The Labute approximate surface area is 94.0 Å². The zero-order chi connectivity index (χ0) is 11.6. The predicted molar refractivity (Wildman–Crippen MR) is 63.9 cm³/mol. The third-order valence-electron chi connectivity index (χ3n) is 2.96. The molecule has 1 aliphatic rings. The van der Waals surface area contributed by atoms with E-state index in [0.29, 0.717) is 17.7 Å². The molecular weight excluding hydrogens is 186 g/mol. The highest BCUT2D eigenvalue weighted by atomic mass is 16.1. The summed E-state index contributed by atoms with van der Waals surface area (Å²) in [6.07, 6.45) is 1.52. The molecule has 15 heavy (non-hydrogen) atoms. The molecule has 0 bridgehead atoms. The number of rotatable bonds is 4.